The Labute approximate surface area is 356 Å². The molecule has 3 rings (SSSR count). The van der Waals surface area contributed by atoms with Crippen molar-refractivity contribution in [2.45, 2.75) is 165 Å². The summed E-state index contributed by atoms with van der Waals surface area (Å²) in [6, 6.07) is -3.43. The Morgan fingerprint density at radius 3 is 1.38 bits per heavy atom. The van der Waals surface area contributed by atoms with Gasteiger partial charge >= 0.3 is 11.9 Å². The normalized spacial score (nSPS) is 33.9. The number of aliphatic hydroxyl groups is 6. The zero-order valence-electron chi connectivity index (χ0n) is 35.8. The van der Waals surface area contributed by atoms with Crippen LogP contribution in [0.3, 0.4) is 0 Å². The molecule has 3 saturated heterocycles. The van der Waals surface area contributed by atoms with Crippen molar-refractivity contribution in [2.24, 2.45) is 11.8 Å². The Hall–Kier alpha value is -3.09. The topological polar surface area (TPSA) is 307 Å². The van der Waals surface area contributed by atoms with Gasteiger partial charge in [0.25, 0.3) is 0 Å². The summed E-state index contributed by atoms with van der Waals surface area (Å²) in [4.78, 5) is 63.1. The van der Waals surface area contributed by atoms with Crippen LogP contribution in [0.1, 0.15) is 86.0 Å². The van der Waals surface area contributed by atoms with E-state index in [4.69, 9.17) is 33.2 Å². The third-order valence-electron chi connectivity index (χ3n) is 11.1. The number of ether oxygens (including phenoxy) is 7. The average molecular weight is 880 g/mol. The van der Waals surface area contributed by atoms with Crippen LogP contribution in [0.15, 0.2) is 0 Å². The van der Waals surface area contributed by atoms with Crippen LogP contribution in [0.2, 0.25) is 0 Å². The zero-order chi connectivity index (χ0) is 45.2. The maximum Gasteiger partial charge on any atom is 0.306 e. The minimum Gasteiger partial charge on any atom is -0.460 e. The van der Waals surface area contributed by atoms with Gasteiger partial charge in [-0.05, 0) is 12.8 Å². The van der Waals surface area contributed by atoms with Gasteiger partial charge in [-0.25, -0.2) is 0 Å². The predicted octanol–water partition coefficient (Wildman–Crippen LogP) is -2.30. The number of esters is 2. The van der Waals surface area contributed by atoms with Crippen LogP contribution in [-0.4, -0.2) is 186 Å². The third kappa shape index (κ3) is 15.6. The third-order valence-corrected chi connectivity index (χ3v) is 11.1. The summed E-state index contributed by atoms with van der Waals surface area (Å²) >= 11 is 0. The lowest BCUT2D eigenvalue weighted by Crippen LogP contribution is -2.66. The van der Waals surface area contributed by atoms with E-state index in [0.717, 1.165) is 25.7 Å². The van der Waals surface area contributed by atoms with Gasteiger partial charge in [0.2, 0.25) is 17.7 Å². The Balaban J connectivity index is 1.89. The van der Waals surface area contributed by atoms with E-state index in [1.807, 2.05) is 13.8 Å². The molecule has 3 amide bonds. The van der Waals surface area contributed by atoms with Crippen molar-refractivity contribution < 1.29 is 87.8 Å². The first-order valence-electron chi connectivity index (χ1n) is 21.3. The fraction of sp³-hybridized carbons (Fsp3) is 0.875. The molecular weight excluding hydrogens is 810 g/mol. The van der Waals surface area contributed by atoms with Crippen molar-refractivity contribution in [1.29, 1.82) is 0 Å². The van der Waals surface area contributed by atoms with Crippen LogP contribution >= 0.6 is 0 Å². The number of amides is 3. The maximum atomic E-state index is 13.3. The van der Waals surface area contributed by atoms with Crippen molar-refractivity contribution in [3.8, 4) is 0 Å². The minimum absolute atomic E-state index is 0.0533. The van der Waals surface area contributed by atoms with Crippen LogP contribution in [0.4, 0.5) is 0 Å². The summed E-state index contributed by atoms with van der Waals surface area (Å²) in [6.07, 6.45) is -8.15. The Kier molecular flexibility index (Phi) is 22.7. The first-order chi connectivity index (χ1) is 29.1. The molecule has 0 aliphatic carbocycles. The molecule has 21 heteroatoms. The minimum atomic E-state index is -1.64. The van der Waals surface area contributed by atoms with Crippen LogP contribution in [-0.2, 0) is 57.1 Å². The predicted molar refractivity (Wildman–Crippen MR) is 211 cm³/mol. The number of aliphatic hydroxyl groups excluding tert-OH is 6. The quantitative estimate of drug-likeness (QED) is 0.0364. The molecule has 61 heavy (non-hydrogen) atoms. The number of hydrogen-bond acceptors (Lipinski definition) is 18. The van der Waals surface area contributed by atoms with Gasteiger partial charge in [0, 0.05) is 33.6 Å². The number of rotatable bonds is 24. The average Bonchev–Trinajstić information content (AvgIpc) is 3.20. The number of hydrogen-bond donors (Lipinski definition) is 9. The Morgan fingerprint density at radius 2 is 0.918 bits per heavy atom. The van der Waals surface area contributed by atoms with Gasteiger partial charge < -0.3 is 79.7 Å². The highest BCUT2D eigenvalue weighted by molar-refractivity contribution is 5.74. The maximum absolute atomic E-state index is 13.3. The second kappa shape index (κ2) is 26.5. The van der Waals surface area contributed by atoms with Crippen LogP contribution in [0, 0.1) is 11.8 Å². The zero-order valence-corrected chi connectivity index (χ0v) is 35.8. The first-order valence-corrected chi connectivity index (χ1v) is 21.3. The van der Waals surface area contributed by atoms with E-state index in [0.29, 0.717) is 12.8 Å². The van der Waals surface area contributed by atoms with Gasteiger partial charge in [0.15, 0.2) is 6.29 Å². The molecule has 15 atom stereocenters. The van der Waals surface area contributed by atoms with Gasteiger partial charge in [0.05, 0.1) is 82.4 Å². The monoisotopic (exact) mass is 879 g/mol. The van der Waals surface area contributed by atoms with Gasteiger partial charge in [-0.15, -0.1) is 0 Å². The Bertz CT molecular complexity index is 1380. The summed E-state index contributed by atoms with van der Waals surface area (Å²) < 4.78 is 41.8. The van der Waals surface area contributed by atoms with Crippen LogP contribution in [0.25, 0.3) is 0 Å². The van der Waals surface area contributed by atoms with Gasteiger partial charge in [-0.3, -0.25) is 24.0 Å². The highest BCUT2D eigenvalue weighted by atomic mass is 16.6. The van der Waals surface area contributed by atoms with E-state index in [1.54, 1.807) is 0 Å². The van der Waals surface area contributed by atoms with Crippen molar-refractivity contribution >= 4 is 29.7 Å². The molecular formula is C40H69N3O18. The second-order valence-corrected chi connectivity index (χ2v) is 15.9. The van der Waals surface area contributed by atoms with Gasteiger partial charge in [-0.2, -0.15) is 0 Å². The lowest BCUT2D eigenvalue weighted by Gasteiger charge is -2.47. The second-order valence-electron chi connectivity index (χ2n) is 15.9. The number of carbonyl (C=O) groups is 5. The summed E-state index contributed by atoms with van der Waals surface area (Å²) in [5.41, 5.74) is 0. The van der Waals surface area contributed by atoms with Crippen molar-refractivity contribution in [3.63, 3.8) is 0 Å². The van der Waals surface area contributed by atoms with E-state index in [-0.39, 0.29) is 39.3 Å². The molecule has 0 aromatic rings. The first kappa shape index (κ1) is 52.3. The van der Waals surface area contributed by atoms with Crippen molar-refractivity contribution in [2.75, 3.05) is 46.2 Å². The molecule has 0 spiro atoms. The summed E-state index contributed by atoms with van der Waals surface area (Å²) in [7, 11) is 0. The van der Waals surface area contributed by atoms with E-state index in [9.17, 15) is 54.6 Å². The summed E-state index contributed by atoms with van der Waals surface area (Å²) in [5.74, 6) is -4.62. The molecule has 352 valence electrons. The Morgan fingerprint density at radius 1 is 0.508 bits per heavy atom. The fourth-order valence-corrected chi connectivity index (χ4v) is 7.98. The molecule has 3 aliphatic heterocycles. The van der Waals surface area contributed by atoms with Crippen molar-refractivity contribution in [1.82, 2.24) is 16.0 Å². The molecule has 3 fully saturated rings. The van der Waals surface area contributed by atoms with Crippen LogP contribution in [0.5, 0.6) is 0 Å². The fourth-order valence-electron chi connectivity index (χ4n) is 7.98. The van der Waals surface area contributed by atoms with E-state index < -0.39 is 141 Å². The lowest BCUT2D eigenvalue weighted by atomic mass is 9.85. The highest BCUT2D eigenvalue weighted by Gasteiger charge is 2.51. The van der Waals surface area contributed by atoms with E-state index in [1.165, 1.54) is 20.8 Å². The number of carbonyl (C=O) groups excluding carboxylic acids is 5. The molecule has 9 N–H and O–H groups in total. The molecule has 0 saturated carbocycles. The summed E-state index contributed by atoms with van der Waals surface area (Å²) in [5, 5.41) is 70.5. The molecule has 0 aromatic heterocycles. The molecule has 0 radical (unpaired) electrons. The van der Waals surface area contributed by atoms with Crippen LogP contribution < -0.4 is 16.0 Å². The van der Waals surface area contributed by atoms with Gasteiger partial charge in [0.1, 0.15) is 48.8 Å². The molecule has 0 bridgehead atoms. The molecule has 0 aromatic carbocycles. The highest BCUT2D eigenvalue weighted by Crippen LogP contribution is 2.33. The molecule has 21 nitrogen and oxygen atoms in total. The number of nitrogens with one attached hydrogen (secondary N) is 3. The molecule has 6 unspecified atom stereocenters. The van der Waals surface area contributed by atoms with E-state index in [2.05, 4.69) is 16.0 Å². The number of unbranched alkanes of at least 4 members (excludes halogenated alkanes) is 4. The SMILES string of the molecule is CCCCCC(=O)O[C@@H]1C(NC(C)=O)[C@H](O)OC(CO)[C@H]1COC[C@@H]1OC(CO)[C@@H](COC[C@@H]2OC(CO)[C@@H](O)[C@H](O)C2NC(C)=O)[C@H](OC(=O)CCCCC)C1NC(C)=O. The van der Waals surface area contributed by atoms with Gasteiger partial charge in [-0.1, -0.05) is 39.5 Å². The molecule has 3 heterocycles. The van der Waals surface area contributed by atoms with Crippen molar-refractivity contribution in [3.05, 3.63) is 0 Å². The molecule has 3 aliphatic rings. The largest absolute Gasteiger partial charge is 0.460 e. The standard InChI is InChI=1S/C40H69N3O18/c1-6-8-10-12-31(50)60-38-24(17-55-19-29-33(41-21(3)47)37(53)36(52)28(16-46)58-29)26(14-44)57-30(34(38)42-22(4)48)20-56-18-25-27(15-45)59-40(54)35(43-23(5)49)39(25)61-32(51)13-11-9-7-2/h24-30,33-40,44-46,52-54H,6-20H2,1-5H3,(H,41,47)(H,42,48)(H,43,49)/t24-,25-,26?,27?,28?,29+,30+,33?,34?,35?,36-,37-,38+,39+,40-/m1/s1. The smallest absolute Gasteiger partial charge is 0.306 e. The van der Waals surface area contributed by atoms with E-state index >= 15 is 0 Å². The lowest BCUT2D eigenvalue weighted by molar-refractivity contribution is -0.253. The summed E-state index contributed by atoms with van der Waals surface area (Å²) in [6.45, 7) is 4.60.